The fraction of sp³-hybridized carbons (Fsp3) is 0.536. The van der Waals surface area contributed by atoms with Crippen LogP contribution in [0, 0.1) is 17.6 Å². The number of hydrazine groups is 1. The van der Waals surface area contributed by atoms with E-state index in [9.17, 15) is 4.79 Å². The third-order valence-electron chi connectivity index (χ3n) is 8.37. The summed E-state index contributed by atoms with van der Waals surface area (Å²) in [7, 11) is 2.71. The van der Waals surface area contributed by atoms with Crippen LogP contribution in [-0.4, -0.2) is 70.0 Å². The number of hydrogen-bond acceptors (Lipinski definition) is 7. The van der Waals surface area contributed by atoms with Crippen LogP contribution < -0.4 is 30.5 Å². The molecule has 2 heterocycles. The van der Waals surface area contributed by atoms with E-state index >= 15 is 8.78 Å². The van der Waals surface area contributed by atoms with Gasteiger partial charge in [-0.25, -0.2) is 14.2 Å². The highest BCUT2D eigenvalue weighted by molar-refractivity contribution is 5.94. The van der Waals surface area contributed by atoms with E-state index in [1.807, 2.05) is 24.3 Å². The van der Waals surface area contributed by atoms with Gasteiger partial charge in [0.05, 0.1) is 20.4 Å². The van der Waals surface area contributed by atoms with Gasteiger partial charge < -0.3 is 24.6 Å². The van der Waals surface area contributed by atoms with E-state index in [2.05, 4.69) is 32.9 Å². The van der Waals surface area contributed by atoms with Crippen molar-refractivity contribution in [1.29, 1.82) is 0 Å². The normalized spacial score (nSPS) is 25.7. The fourth-order valence-corrected chi connectivity index (χ4v) is 6.10. The smallest absolute Gasteiger partial charge is 0.252 e. The summed E-state index contributed by atoms with van der Waals surface area (Å²) in [6.07, 6.45) is 1.53. The van der Waals surface area contributed by atoms with Crippen LogP contribution in [-0.2, 0) is 0 Å². The van der Waals surface area contributed by atoms with Crippen molar-refractivity contribution in [3.8, 4) is 11.5 Å². The third kappa shape index (κ3) is 5.17. The topological polar surface area (TPSA) is 78.1 Å². The molecule has 3 N–H and O–H groups in total. The number of carbonyl (C=O) groups excluding carboxylic acids is 1. The minimum atomic E-state index is -0.680. The number of carbonyl (C=O) groups is 1. The number of nitrogens with one attached hydrogen (secondary N) is 3. The zero-order chi connectivity index (χ0) is 26.8. The van der Waals surface area contributed by atoms with Gasteiger partial charge in [-0.3, -0.25) is 10.2 Å². The Morgan fingerprint density at radius 1 is 1.00 bits per heavy atom. The molecule has 2 aliphatic heterocycles. The molecule has 2 saturated heterocycles. The first-order valence-corrected chi connectivity index (χ1v) is 13.4. The first-order chi connectivity index (χ1) is 18.4. The van der Waals surface area contributed by atoms with Gasteiger partial charge >= 0.3 is 0 Å². The lowest BCUT2D eigenvalue weighted by atomic mass is 9.75. The van der Waals surface area contributed by atoms with Crippen molar-refractivity contribution in [3.63, 3.8) is 0 Å². The van der Waals surface area contributed by atoms with Crippen molar-refractivity contribution in [2.24, 2.45) is 5.92 Å². The molecule has 38 heavy (non-hydrogen) atoms. The molecule has 3 aliphatic rings. The van der Waals surface area contributed by atoms with E-state index in [1.54, 1.807) is 0 Å². The molecule has 0 aromatic heterocycles. The molecular formula is C28H37F2N5O3. The maximum Gasteiger partial charge on any atom is 0.252 e. The van der Waals surface area contributed by atoms with Crippen molar-refractivity contribution in [2.45, 2.75) is 44.3 Å². The Morgan fingerprint density at radius 3 is 2.26 bits per heavy atom. The Hall–Kier alpha value is -2.95. The Balaban J connectivity index is 1.20. The average Bonchev–Trinajstić information content (AvgIpc) is 3.35. The van der Waals surface area contributed by atoms with Crippen molar-refractivity contribution in [3.05, 3.63) is 53.1 Å². The monoisotopic (exact) mass is 529 g/mol. The largest absolute Gasteiger partial charge is 0.494 e. The van der Waals surface area contributed by atoms with E-state index in [0.717, 1.165) is 38.4 Å². The van der Waals surface area contributed by atoms with Crippen LogP contribution in [0.15, 0.2) is 30.3 Å². The van der Waals surface area contributed by atoms with Crippen LogP contribution in [0.3, 0.4) is 0 Å². The van der Waals surface area contributed by atoms with E-state index in [4.69, 9.17) is 9.47 Å². The maximum atomic E-state index is 15.1. The van der Waals surface area contributed by atoms with Crippen LogP contribution in [0.4, 0.5) is 14.5 Å². The molecule has 2 aromatic rings. The van der Waals surface area contributed by atoms with Gasteiger partial charge in [0.2, 0.25) is 0 Å². The average molecular weight is 530 g/mol. The molecule has 1 amide bonds. The molecule has 1 aliphatic carbocycles. The first kappa shape index (κ1) is 26.6. The summed E-state index contributed by atoms with van der Waals surface area (Å²) >= 11 is 0. The fourth-order valence-electron chi connectivity index (χ4n) is 6.10. The predicted molar refractivity (Wildman–Crippen MR) is 142 cm³/mol. The van der Waals surface area contributed by atoms with Crippen molar-refractivity contribution >= 4 is 11.6 Å². The zero-order valence-electron chi connectivity index (χ0n) is 22.2. The molecule has 10 heteroatoms. The Labute approximate surface area is 222 Å². The second-order valence-corrected chi connectivity index (χ2v) is 10.3. The molecule has 2 aromatic carbocycles. The Bertz CT molecular complexity index is 1110. The first-order valence-electron chi connectivity index (χ1n) is 13.4. The van der Waals surface area contributed by atoms with Gasteiger partial charge in [0.25, 0.3) is 5.91 Å². The Kier molecular flexibility index (Phi) is 8.01. The minimum absolute atomic E-state index is 0.00475. The van der Waals surface area contributed by atoms with E-state index in [-0.39, 0.29) is 47.0 Å². The summed E-state index contributed by atoms with van der Waals surface area (Å²) < 4.78 is 40.4. The van der Waals surface area contributed by atoms with Crippen LogP contribution >= 0.6 is 0 Å². The number of amides is 1. The predicted octanol–water partition coefficient (Wildman–Crippen LogP) is 3.24. The zero-order valence-corrected chi connectivity index (χ0v) is 22.2. The molecule has 1 saturated carbocycles. The maximum absolute atomic E-state index is 15.1. The van der Waals surface area contributed by atoms with Crippen molar-refractivity contribution in [1.82, 2.24) is 21.1 Å². The van der Waals surface area contributed by atoms with Gasteiger partial charge in [-0.05, 0) is 56.0 Å². The number of ether oxygens (including phenoxy) is 2. The van der Waals surface area contributed by atoms with Gasteiger partial charge in [-0.15, -0.1) is 0 Å². The van der Waals surface area contributed by atoms with Gasteiger partial charge in [0.1, 0.15) is 0 Å². The molecule has 4 unspecified atom stereocenters. The van der Waals surface area contributed by atoms with E-state index in [1.165, 1.54) is 20.3 Å². The summed E-state index contributed by atoms with van der Waals surface area (Å²) in [6, 6.07) is 8.95. The number of likely N-dealkylation sites (N-methyl/N-ethyl adjacent to an activating group) is 1. The van der Waals surface area contributed by atoms with Crippen LogP contribution in [0.2, 0.25) is 0 Å². The number of hydrogen-bond donors (Lipinski definition) is 3. The number of nitrogens with zero attached hydrogens (tertiary/aromatic N) is 2. The summed E-state index contributed by atoms with van der Waals surface area (Å²) in [5, 5.41) is 3.10. The molecule has 4 atom stereocenters. The van der Waals surface area contributed by atoms with Gasteiger partial charge in [-0.1, -0.05) is 6.92 Å². The molecule has 0 spiro atoms. The van der Waals surface area contributed by atoms with Gasteiger partial charge in [-0.2, -0.15) is 0 Å². The lowest BCUT2D eigenvalue weighted by Gasteiger charge is -2.35. The summed E-state index contributed by atoms with van der Waals surface area (Å²) in [6.45, 7) is 7.32. The highest BCUT2D eigenvalue weighted by Crippen LogP contribution is 2.44. The number of anilines is 1. The van der Waals surface area contributed by atoms with Crippen LogP contribution in [0.1, 0.15) is 48.0 Å². The number of fused-ring (bicyclic) bond motifs is 1. The molecule has 8 nitrogen and oxygen atoms in total. The Morgan fingerprint density at radius 2 is 1.66 bits per heavy atom. The lowest BCUT2D eigenvalue weighted by Crippen LogP contribution is -2.47. The molecular weight excluding hydrogens is 492 g/mol. The number of rotatable bonds is 7. The molecule has 3 fully saturated rings. The highest BCUT2D eigenvalue weighted by atomic mass is 19.1. The van der Waals surface area contributed by atoms with Gasteiger partial charge in [0, 0.05) is 61.0 Å². The number of piperazine rings is 1. The standard InChI is InChI=1S/C28H37F2N5O3/c1-4-34-11-13-35(14-12-34)19-8-5-17(6-9-19)28(36)31-27-20-10-7-18(15-21(20)32-33-27)24-25(29)22(37-2)16-23(38-3)26(24)30/h5-6,8-9,16,18,20-21,27,32-33H,4,7,10-15H2,1-3H3,(H,31,36). The van der Waals surface area contributed by atoms with Crippen LogP contribution in [0.5, 0.6) is 11.5 Å². The minimum Gasteiger partial charge on any atom is -0.494 e. The molecule has 0 bridgehead atoms. The van der Waals surface area contributed by atoms with Crippen molar-refractivity contribution < 1.29 is 23.0 Å². The summed E-state index contributed by atoms with van der Waals surface area (Å²) in [5.41, 5.74) is 8.16. The molecule has 5 rings (SSSR count). The number of methoxy groups -OCH3 is 2. The number of halogens is 2. The van der Waals surface area contributed by atoms with Gasteiger partial charge in [0.15, 0.2) is 23.1 Å². The molecule has 0 radical (unpaired) electrons. The third-order valence-corrected chi connectivity index (χ3v) is 8.37. The molecule has 206 valence electrons. The van der Waals surface area contributed by atoms with E-state index in [0.29, 0.717) is 24.8 Å². The summed E-state index contributed by atoms with van der Waals surface area (Å²) in [5.74, 6) is -1.81. The van der Waals surface area contributed by atoms with Crippen molar-refractivity contribution in [2.75, 3.05) is 51.8 Å². The lowest BCUT2D eigenvalue weighted by molar-refractivity contribution is 0.0915. The quantitative estimate of drug-likeness (QED) is 0.508. The second kappa shape index (κ2) is 11.4. The summed E-state index contributed by atoms with van der Waals surface area (Å²) in [4.78, 5) is 17.8. The van der Waals surface area contributed by atoms with Crippen LogP contribution in [0.25, 0.3) is 0 Å². The highest BCUT2D eigenvalue weighted by Gasteiger charge is 2.43. The van der Waals surface area contributed by atoms with E-state index < -0.39 is 11.6 Å². The SMILES string of the molecule is CCN1CCN(c2ccc(C(=O)NC3NNC4CC(c5c(F)c(OC)cc(OC)c5F)CCC43)cc2)CC1. The number of benzene rings is 2. The second-order valence-electron chi connectivity index (χ2n) is 10.3.